The number of hydrogen-bond acceptors (Lipinski definition) is 4. The van der Waals surface area contributed by atoms with Crippen LogP contribution in [-0.4, -0.2) is 33.5 Å². The third-order valence-corrected chi connectivity index (χ3v) is 2.74. The minimum atomic E-state index is -0.571. The number of carbonyl (C=O) groups is 1. The fourth-order valence-electron chi connectivity index (χ4n) is 1.89. The van der Waals surface area contributed by atoms with Crippen LogP contribution in [0.15, 0.2) is 6.07 Å². The maximum Gasteiger partial charge on any atom is 0.270 e. The second-order valence-corrected chi connectivity index (χ2v) is 4.92. The molecule has 2 heterocycles. The summed E-state index contributed by atoms with van der Waals surface area (Å²) in [5.74, 6) is -0.571. The topological polar surface area (TPSA) is 53.4 Å². The van der Waals surface area contributed by atoms with E-state index in [-0.39, 0.29) is 6.10 Å². The van der Waals surface area contributed by atoms with E-state index >= 15 is 0 Å². The normalized spacial score (nSPS) is 22.9. The predicted octanol–water partition coefficient (Wildman–Crippen LogP) is 1.72. The van der Waals surface area contributed by atoms with E-state index in [9.17, 15) is 4.79 Å². The summed E-state index contributed by atoms with van der Waals surface area (Å²) in [5.41, 5.74) is 1.14. The smallest absolute Gasteiger partial charge is 0.270 e. The van der Waals surface area contributed by atoms with E-state index in [2.05, 4.69) is 5.10 Å². The SMILES string of the molecule is Cc1cc(C(=O)Cl)n(CC2COC(C)(C)O2)n1. The molecule has 0 saturated carbocycles. The zero-order valence-corrected chi connectivity index (χ0v) is 10.8. The number of carbonyl (C=O) groups excluding carboxylic acids is 1. The average Bonchev–Trinajstić information content (AvgIpc) is 2.70. The summed E-state index contributed by atoms with van der Waals surface area (Å²) in [5, 5.41) is 3.71. The fourth-order valence-corrected chi connectivity index (χ4v) is 2.04. The lowest BCUT2D eigenvalue weighted by Crippen LogP contribution is -2.25. The molecule has 2 rings (SSSR count). The largest absolute Gasteiger partial charge is 0.348 e. The van der Waals surface area contributed by atoms with Gasteiger partial charge in [0.1, 0.15) is 11.8 Å². The molecule has 0 spiro atoms. The highest BCUT2D eigenvalue weighted by atomic mass is 35.5. The maximum absolute atomic E-state index is 11.2. The van der Waals surface area contributed by atoms with Gasteiger partial charge >= 0.3 is 0 Å². The summed E-state index contributed by atoms with van der Waals surface area (Å²) in [4.78, 5) is 11.2. The van der Waals surface area contributed by atoms with Crippen LogP contribution in [0.2, 0.25) is 0 Å². The number of aryl methyl sites for hydroxylation is 1. The van der Waals surface area contributed by atoms with Crippen molar-refractivity contribution in [3.8, 4) is 0 Å². The minimum absolute atomic E-state index is 0.112. The molecule has 1 aliphatic rings. The van der Waals surface area contributed by atoms with Crippen LogP contribution in [0, 0.1) is 6.92 Å². The molecule has 5 nitrogen and oxygen atoms in total. The molecule has 0 N–H and O–H groups in total. The molecule has 1 atom stereocenters. The van der Waals surface area contributed by atoms with E-state index in [0.717, 1.165) is 5.69 Å². The summed E-state index contributed by atoms with van der Waals surface area (Å²) in [6.45, 7) is 6.48. The quantitative estimate of drug-likeness (QED) is 0.775. The van der Waals surface area contributed by atoms with Crippen LogP contribution in [0.1, 0.15) is 30.0 Å². The van der Waals surface area contributed by atoms with Crippen LogP contribution >= 0.6 is 11.6 Å². The number of nitrogens with zero attached hydrogens (tertiary/aromatic N) is 2. The second kappa shape index (κ2) is 4.40. The van der Waals surface area contributed by atoms with Gasteiger partial charge in [0.2, 0.25) is 0 Å². The minimum Gasteiger partial charge on any atom is -0.348 e. The molecule has 1 fully saturated rings. The van der Waals surface area contributed by atoms with Gasteiger partial charge in [-0.25, -0.2) is 0 Å². The molecule has 1 aromatic rings. The van der Waals surface area contributed by atoms with Crippen LogP contribution in [-0.2, 0) is 16.0 Å². The zero-order chi connectivity index (χ0) is 12.6. The second-order valence-electron chi connectivity index (χ2n) is 4.58. The molecule has 1 unspecified atom stereocenters. The van der Waals surface area contributed by atoms with Gasteiger partial charge < -0.3 is 9.47 Å². The van der Waals surface area contributed by atoms with Crippen LogP contribution < -0.4 is 0 Å². The predicted molar refractivity (Wildman–Crippen MR) is 62.1 cm³/mol. The average molecular weight is 259 g/mol. The summed E-state index contributed by atoms with van der Waals surface area (Å²) < 4.78 is 12.7. The Labute approximate surface area is 105 Å². The lowest BCUT2D eigenvalue weighted by Gasteiger charge is -2.17. The number of rotatable bonds is 3. The molecular formula is C11H15ClN2O3. The summed E-state index contributed by atoms with van der Waals surface area (Å²) in [6.07, 6.45) is -0.112. The van der Waals surface area contributed by atoms with E-state index in [0.29, 0.717) is 18.8 Å². The zero-order valence-electron chi connectivity index (χ0n) is 10.1. The number of halogens is 1. The Bertz CT molecular complexity index is 442. The molecule has 0 radical (unpaired) electrons. The van der Waals surface area contributed by atoms with Crippen molar-refractivity contribution in [3.63, 3.8) is 0 Å². The lowest BCUT2D eigenvalue weighted by molar-refractivity contribution is -0.139. The molecule has 17 heavy (non-hydrogen) atoms. The molecule has 1 aromatic heterocycles. The van der Waals surface area contributed by atoms with Gasteiger partial charge in [0.05, 0.1) is 18.8 Å². The third kappa shape index (κ3) is 2.86. The number of aromatic nitrogens is 2. The first kappa shape index (κ1) is 12.5. The molecule has 6 heteroatoms. The Morgan fingerprint density at radius 2 is 2.41 bits per heavy atom. The van der Waals surface area contributed by atoms with E-state index in [1.165, 1.54) is 0 Å². The van der Waals surface area contributed by atoms with Crippen molar-refractivity contribution in [1.82, 2.24) is 9.78 Å². The summed E-state index contributed by atoms with van der Waals surface area (Å²) in [6, 6.07) is 1.66. The molecular weight excluding hydrogens is 244 g/mol. The Hall–Kier alpha value is -0.910. The van der Waals surface area contributed by atoms with Gasteiger partial charge in [-0.1, -0.05) is 0 Å². The highest BCUT2D eigenvalue weighted by Gasteiger charge is 2.33. The van der Waals surface area contributed by atoms with Crippen molar-refractivity contribution in [2.45, 2.75) is 39.2 Å². The Morgan fingerprint density at radius 1 is 1.71 bits per heavy atom. The van der Waals surface area contributed by atoms with Crippen molar-refractivity contribution in [2.75, 3.05) is 6.61 Å². The third-order valence-electron chi connectivity index (χ3n) is 2.55. The van der Waals surface area contributed by atoms with E-state index in [1.54, 1.807) is 10.7 Å². The van der Waals surface area contributed by atoms with Crippen molar-refractivity contribution in [1.29, 1.82) is 0 Å². The van der Waals surface area contributed by atoms with E-state index in [4.69, 9.17) is 21.1 Å². The van der Waals surface area contributed by atoms with Crippen molar-refractivity contribution in [2.24, 2.45) is 0 Å². The van der Waals surface area contributed by atoms with Crippen molar-refractivity contribution < 1.29 is 14.3 Å². The number of hydrogen-bond donors (Lipinski definition) is 0. The van der Waals surface area contributed by atoms with Crippen LogP contribution in [0.5, 0.6) is 0 Å². The van der Waals surface area contributed by atoms with Gasteiger partial charge in [0, 0.05) is 0 Å². The summed E-state index contributed by atoms with van der Waals surface area (Å²) >= 11 is 5.49. The first-order valence-electron chi connectivity index (χ1n) is 5.43. The Balaban J connectivity index is 2.11. The van der Waals surface area contributed by atoms with E-state index < -0.39 is 11.0 Å². The number of ether oxygens (including phenoxy) is 2. The van der Waals surface area contributed by atoms with Gasteiger partial charge in [-0.05, 0) is 38.4 Å². The standard InChI is InChI=1S/C11H15ClN2O3/c1-7-4-9(10(12)15)14(13-7)5-8-6-16-11(2,3)17-8/h4,8H,5-6H2,1-3H3. The maximum atomic E-state index is 11.2. The molecule has 0 aliphatic carbocycles. The molecule has 0 aromatic carbocycles. The molecule has 94 valence electrons. The Morgan fingerprint density at radius 3 is 2.94 bits per heavy atom. The van der Waals surface area contributed by atoms with Crippen LogP contribution in [0.3, 0.4) is 0 Å². The van der Waals surface area contributed by atoms with Crippen molar-refractivity contribution in [3.05, 3.63) is 17.5 Å². The lowest BCUT2D eigenvalue weighted by atomic mass is 10.3. The first-order valence-corrected chi connectivity index (χ1v) is 5.81. The molecule has 1 saturated heterocycles. The monoisotopic (exact) mass is 258 g/mol. The van der Waals surface area contributed by atoms with E-state index in [1.807, 2.05) is 20.8 Å². The van der Waals surface area contributed by atoms with Gasteiger partial charge in [0.15, 0.2) is 5.79 Å². The highest BCUT2D eigenvalue weighted by Crippen LogP contribution is 2.23. The fraction of sp³-hybridized carbons (Fsp3) is 0.636. The molecule has 1 aliphatic heterocycles. The highest BCUT2D eigenvalue weighted by molar-refractivity contribution is 6.67. The van der Waals surface area contributed by atoms with Crippen LogP contribution in [0.25, 0.3) is 0 Å². The van der Waals surface area contributed by atoms with Gasteiger partial charge in [-0.2, -0.15) is 5.10 Å². The van der Waals surface area contributed by atoms with Gasteiger partial charge in [-0.3, -0.25) is 9.48 Å². The van der Waals surface area contributed by atoms with Gasteiger partial charge in [0.25, 0.3) is 5.24 Å². The van der Waals surface area contributed by atoms with Crippen LogP contribution in [0.4, 0.5) is 0 Å². The van der Waals surface area contributed by atoms with Crippen molar-refractivity contribution >= 4 is 16.8 Å². The molecule has 0 bridgehead atoms. The molecule has 0 amide bonds. The Kier molecular flexibility index (Phi) is 3.25. The van der Waals surface area contributed by atoms with Gasteiger partial charge in [-0.15, -0.1) is 0 Å². The first-order chi connectivity index (χ1) is 7.87. The summed E-state index contributed by atoms with van der Waals surface area (Å²) in [7, 11) is 0.